The van der Waals surface area contributed by atoms with Gasteiger partial charge < -0.3 is 21.9 Å². The van der Waals surface area contributed by atoms with Crippen molar-refractivity contribution in [2.45, 2.75) is 44.7 Å². The molecule has 94 valence electrons. The van der Waals surface area contributed by atoms with Gasteiger partial charge in [0.1, 0.15) is 6.04 Å². The van der Waals surface area contributed by atoms with Gasteiger partial charge in [-0.2, -0.15) is 0 Å². The first-order chi connectivity index (χ1) is 7.22. The highest BCUT2D eigenvalue weighted by Crippen LogP contribution is 2.01. The summed E-state index contributed by atoms with van der Waals surface area (Å²) >= 11 is 0. The number of carboxylic acid groups (broad SMARTS) is 1. The lowest BCUT2D eigenvalue weighted by molar-refractivity contribution is -0.138. The molecule has 6 N–H and O–H groups in total. The topological polar surface area (TPSA) is 118 Å². The zero-order chi connectivity index (χ0) is 12.8. The van der Waals surface area contributed by atoms with Gasteiger partial charge in [0.05, 0.1) is 0 Å². The molecule has 1 atom stereocenters. The second-order valence-corrected chi connectivity index (χ2v) is 4.57. The number of carbonyl (C=O) groups excluding carboxylic acids is 1. The molecule has 1 amide bonds. The normalized spacial score (nSPS) is 13.2. The summed E-state index contributed by atoms with van der Waals surface area (Å²) in [5.74, 6) is -1.28. The molecule has 0 aliphatic heterocycles. The minimum absolute atomic E-state index is 0.123. The minimum Gasteiger partial charge on any atom is -0.480 e. The van der Waals surface area contributed by atoms with Crippen LogP contribution in [0, 0.1) is 0 Å². The van der Waals surface area contributed by atoms with E-state index in [0.29, 0.717) is 13.0 Å². The van der Waals surface area contributed by atoms with Crippen LogP contribution < -0.4 is 16.8 Å². The van der Waals surface area contributed by atoms with Crippen LogP contribution >= 0.6 is 0 Å². The Morgan fingerprint density at radius 3 is 2.44 bits per heavy atom. The smallest absolute Gasteiger partial charge is 0.320 e. The number of nitrogens with one attached hydrogen (secondary N) is 1. The zero-order valence-electron chi connectivity index (χ0n) is 9.82. The predicted octanol–water partition coefficient (Wildman–Crippen LogP) is -0.578. The molecule has 0 saturated heterocycles. The Morgan fingerprint density at radius 1 is 1.44 bits per heavy atom. The van der Waals surface area contributed by atoms with Gasteiger partial charge in [0.2, 0.25) is 5.91 Å². The van der Waals surface area contributed by atoms with Crippen LogP contribution in [-0.2, 0) is 9.59 Å². The zero-order valence-corrected chi connectivity index (χ0v) is 9.82. The third kappa shape index (κ3) is 8.19. The molecule has 0 aromatic carbocycles. The van der Waals surface area contributed by atoms with E-state index in [9.17, 15) is 9.59 Å². The van der Waals surface area contributed by atoms with Crippen LogP contribution in [0.1, 0.15) is 33.1 Å². The molecule has 0 spiro atoms. The van der Waals surface area contributed by atoms with E-state index in [1.165, 1.54) is 0 Å². The van der Waals surface area contributed by atoms with E-state index in [4.69, 9.17) is 16.6 Å². The van der Waals surface area contributed by atoms with Crippen LogP contribution in [0.3, 0.4) is 0 Å². The molecule has 0 fully saturated rings. The molecule has 0 aromatic rings. The summed E-state index contributed by atoms with van der Waals surface area (Å²) in [5.41, 5.74) is 10.7. The highest BCUT2D eigenvalue weighted by Gasteiger charge is 2.14. The summed E-state index contributed by atoms with van der Waals surface area (Å²) in [7, 11) is 0. The second-order valence-electron chi connectivity index (χ2n) is 4.57. The molecular formula is C10H21N3O3. The number of rotatable bonds is 7. The monoisotopic (exact) mass is 231 g/mol. The first-order valence-corrected chi connectivity index (χ1v) is 5.26. The van der Waals surface area contributed by atoms with Gasteiger partial charge in [-0.1, -0.05) is 0 Å². The predicted molar refractivity (Wildman–Crippen MR) is 60.7 cm³/mol. The van der Waals surface area contributed by atoms with Crippen molar-refractivity contribution < 1.29 is 14.7 Å². The van der Waals surface area contributed by atoms with Gasteiger partial charge >= 0.3 is 5.97 Å². The lowest BCUT2D eigenvalue weighted by Crippen LogP contribution is -2.38. The van der Waals surface area contributed by atoms with Gasteiger partial charge in [0, 0.05) is 18.5 Å². The van der Waals surface area contributed by atoms with E-state index >= 15 is 0 Å². The van der Waals surface area contributed by atoms with Crippen molar-refractivity contribution in [2.75, 3.05) is 6.54 Å². The number of nitrogens with two attached hydrogens (primary N) is 2. The van der Waals surface area contributed by atoms with E-state index in [2.05, 4.69) is 5.32 Å². The van der Waals surface area contributed by atoms with Crippen molar-refractivity contribution in [1.82, 2.24) is 5.32 Å². The molecule has 16 heavy (non-hydrogen) atoms. The van der Waals surface area contributed by atoms with Crippen LogP contribution in [-0.4, -0.2) is 35.1 Å². The Balaban J connectivity index is 3.64. The standard InChI is InChI=1S/C10H21N3O3/c1-10(2,12)5-6-13-8(14)4-3-7(11)9(15)16/h7H,3-6,11-12H2,1-2H3,(H,13,14)(H,15,16)/t7-/m0/s1. The van der Waals surface area contributed by atoms with Crippen LogP contribution in [0.4, 0.5) is 0 Å². The minimum atomic E-state index is -1.09. The fourth-order valence-corrected chi connectivity index (χ4v) is 1.02. The van der Waals surface area contributed by atoms with Crippen molar-refractivity contribution in [1.29, 1.82) is 0 Å². The number of amides is 1. The number of aliphatic carboxylic acids is 1. The van der Waals surface area contributed by atoms with Gasteiger partial charge in [-0.3, -0.25) is 9.59 Å². The summed E-state index contributed by atoms with van der Waals surface area (Å²) in [6, 6.07) is -0.975. The van der Waals surface area contributed by atoms with Crippen molar-refractivity contribution in [3.05, 3.63) is 0 Å². The quantitative estimate of drug-likeness (QED) is 0.467. The lowest BCUT2D eigenvalue weighted by Gasteiger charge is -2.18. The van der Waals surface area contributed by atoms with E-state index in [1.54, 1.807) is 0 Å². The highest BCUT2D eigenvalue weighted by molar-refractivity contribution is 5.78. The Kier molecular flexibility index (Phi) is 5.98. The molecule has 0 bridgehead atoms. The van der Waals surface area contributed by atoms with Crippen molar-refractivity contribution in [2.24, 2.45) is 11.5 Å². The third-order valence-corrected chi connectivity index (χ3v) is 2.09. The fourth-order valence-electron chi connectivity index (χ4n) is 1.02. The maximum Gasteiger partial charge on any atom is 0.320 e. The summed E-state index contributed by atoms with van der Waals surface area (Å²) in [6.45, 7) is 4.24. The van der Waals surface area contributed by atoms with Gasteiger partial charge in [0.15, 0.2) is 0 Å². The molecule has 0 saturated carbocycles. The van der Waals surface area contributed by atoms with Gasteiger partial charge in [-0.05, 0) is 26.7 Å². The first-order valence-electron chi connectivity index (χ1n) is 5.26. The van der Waals surface area contributed by atoms with Gasteiger partial charge in [-0.15, -0.1) is 0 Å². The molecule has 0 heterocycles. The number of carbonyl (C=O) groups is 2. The van der Waals surface area contributed by atoms with Crippen LogP contribution in [0.2, 0.25) is 0 Å². The Labute approximate surface area is 95.4 Å². The molecular weight excluding hydrogens is 210 g/mol. The van der Waals surface area contributed by atoms with Crippen LogP contribution in [0.15, 0.2) is 0 Å². The maximum atomic E-state index is 11.3. The number of hydrogen-bond donors (Lipinski definition) is 4. The SMILES string of the molecule is CC(C)(N)CCNC(=O)CC[C@H](N)C(=O)O. The van der Waals surface area contributed by atoms with Gasteiger partial charge in [0.25, 0.3) is 0 Å². The average molecular weight is 231 g/mol. The van der Waals surface area contributed by atoms with Crippen LogP contribution in [0.25, 0.3) is 0 Å². The summed E-state index contributed by atoms with van der Waals surface area (Å²) < 4.78 is 0. The summed E-state index contributed by atoms with van der Waals surface area (Å²) in [5, 5.41) is 11.2. The molecule has 0 unspecified atom stereocenters. The fraction of sp³-hybridized carbons (Fsp3) is 0.800. The maximum absolute atomic E-state index is 11.3. The van der Waals surface area contributed by atoms with Crippen LogP contribution in [0.5, 0.6) is 0 Å². The van der Waals surface area contributed by atoms with Crippen molar-refractivity contribution in [3.63, 3.8) is 0 Å². The third-order valence-electron chi connectivity index (χ3n) is 2.09. The Hall–Kier alpha value is -1.14. The van der Waals surface area contributed by atoms with E-state index in [-0.39, 0.29) is 24.3 Å². The summed E-state index contributed by atoms with van der Waals surface area (Å²) in [4.78, 5) is 21.6. The second kappa shape index (κ2) is 6.44. The number of hydrogen-bond acceptors (Lipinski definition) is 4. The van der Waals surface area contributed by atoms with Crippen molar-refractivity contribution >= 4 is 11.9 Å². The molecule has 6 nitrogen and oxygen atoms in total. The first kappa shape index (κ1) is 14.9. The van der Waals surface area contributed by atoms with Crippen molar-refractivity contribution in [3.8, 4) is 0 Å². The number of carboxylic acids is 1. The summed E-state index contributed by atoms with van der Waals surface area (Å²) in [6.07, 6.45) is 0.940. The lowest BCUT2D eigenvalue weighted by atomic mass is 10.0. The van der Waals surface area contributed by atoms with E-state index in [1.807, 2.05) is 13.8 Å². The van der Waals surface area contributed by atoms with E-state index in [0.717, 1.165) is 0 Å². The van der Waals surface area contributed by atoms with E-state index < -0.39 is 12.0 Å². The molecule has 0 radical (unpaired) electrons. The molecule has 6 heteroatoms. The molecule has 0 rings (SSSR count). The van der Waals surface area contributed by atoms with Gasteiger partial charge in [-0.25, -0.2) is 0 Å². The largest absolute Gasteiger partial charge is 0.480 e. The average Bonchev–Trinajstić information content (AvgIpc) is 2.11. The Morgan fingerprint density at radius 2 is 2.00 bits per heavy atom. The molecule has 0 aromatic heterocycles. The highest BCUT2D eigenvalue weighted by atomic mass is 16.4. The molecule has 0 aliphatic rings. The Bertz CT molecular complexity index is 248. The molecule has 0 aliphatic carbocycles.